The fourth-order valence-corrected chi connectivity index (χ4v) is 4.13. The normalized spacial score (nSPS) is 13.1. The molecule has 1 atom stereocenters. The van der Waals surface area contributed by atoms with E-state index in [2.05, 4.69) is 5.32 Å². The summed E-state index contributed by atoms with van der Waals surface area (Å²) >= 11 is 0. The molecule has 158 valence electrons. The summed E-state index contributed by atoms with van der Waals surface area (Å²) in [5.74, 6) is -0.713. The van der Waals surface area contributed by atoms with Gasteiger partial charge in [0.25, 0.3) is 0 Å². The van der Waals surface area contributed by atoms with E-state index >= 15 is 0 Å². The summed E-state index contributed by atoms with van der Waals surface area (Å²) in [4.78, 5) is 12.8. The number of carbonyl (C=O) groups is 1. The zero-order valence-electron chi connectivity index (χ0n) is 16.5. The van der Waals surface area contributed by atoms with Crippen LogP contribution in [0.1, 0.15) is 30.0 Å². The van der Waals surface area contributed by atoms with E-state index in [0.717, 1.165) is 33.8 Å². The monoisotopic (exact) mass is 428 g/mol. The van der Waals surface area contributed by atoms with Crippen LogP contribution in [0, 0.1) is 13.8 Å². The lowest BCUT2D eigenvalue weighted by molar-refractivity contribution is -0.137. The van der Waals surface area contributed by atoms with Gasteiger partial charge in [0.15, 0.2) is 0 Å². The van der Waals surface area contributed by atoms with Crippen LogP contribution in [0.15, 0.2) is 42.5 Å². The minimum absolute atomic E-state index is 0.0585. The maximum atomic E-state index is 12.9. The number of halogens is 3. The van der Waals surface area contributed by atoms with Crippen LogP contribution >= 0.6 is 0 Å². The number of anilines is 2. The lowest BCUT2D eigenvalue weighted by Gasteiger charge is -2.30. The summed E-state index contributed by atoms with van der Waals surface area (Å²) in [6.45, 7) is 5.33. The molecule has 0 radical (unpaired) electrons. The van der Waals surface area contributed by atoms with Crippen LogP contribution in [0.2, 0.25) is 0 Å². The van der Waals surface area contributed by atoms with Crippen molar-refractivity contribution in [2.45, 2.75) is 39.4 Å². The van der Waals surface area contributed by atoms with Gasteiger partial charge in [-0.15, -0.1) is 0 Å². The molecule has 9 heteroatoms. The number of sulfonamides is 1. The van der Waals surface area contributed by atoms with Crippen LogP contribution in [-0.2, 0) is 21.0 Å². The highest BCUT2D eigenvalue weighted by Crippen LogP contribution is 2.31. The summed E-state index contributed by atoms with van der Waals surface area (Å²) in [6, 6.07) is 8.09. The molecule has 0 spiro atoms. The van der Waals surface area contributed by atoms with Gasteiger partial charge >= 0.3 is 6.18 Å². The number of hydrogen-bond donors (Lipinski definition) is 1. The van der Waals surface area contributed by atoms with Gasteiger partial charge in [-0.05, 0) is 61.7 Å². The Morgan fingerprint density at radius 3 is 2.28 bits per heavy atom. The van der Waals surface area contributed by atoms with Crippen molar-refractivity contribution < 1.29 is 26.4 Å². The first-order valence-corrected chi connectivity index (χ1v) is 10.7. The molecule has 0 bridgehead atoms. The third-order valence-electron chi connectivity index (χ3n) is 4.53. The predicted octanol–water partition coefficient (Wildman–Crippen LogP) is 4.51. The molecule has 0 heterocycles. The number of benzene rings is 2. The fourth-order valence-electron chi connectivity index (χ4n) is 2.92. The number of rotatable bonds is 6. The van der Waals surface area contributed by atoms with Crippen molar-refractivity contribution in [3.05, 3.63) is 59.2 Å². The fraction of sp³-hybridized carbons (Fsp3) is 0.350. The summed E-state index contributed by atoms with van der Waals surface area (Å²) in [5, 5.41) is 2.41. The van der Waals surface area contributed by atoms with Gasteiger partial charge in [0, 0.05) is 5.69 Å². The molecule has 0 saturated carbocycles. The van der Waals surface area contributed by atoms with Gasteiger partial charge in [-0.3, -0.25) is 9.10 Å². The molecule has 2 rings (SSSR count). The van der Waals surface area contributed by atoms with E-state index in [1.54, 1.807) is 25.1 Å². The second-order valence-electron chi connectivity index (χ2n) is 6.82. The van der Waals surface area contributed by atoms with Gasteiger partial charge in [-0.2, -0.15) is 13.2 Å². The third kappa shape index (κ3) is 5.50. The topological polar surface area (TPSA) is 66.5 Å². The summed E-state index contributed by atoms with van der Waals surface area (Å²) in [6.07, 6.45) is -3.43. The first-order chi connectivity index (χ1) is 13.3. The van der Waals surface area contributed by atoms with E-state index in [4.69, 9.17) is 0 Å². The number of hydrogen-bond acceptors (Lipinski definition) is 3. The molecule has 0 saturated heterocycles. The second-order valence-corrected chi connectivity index (χ2v) is 8.68. The number of amides is 1. The van der Waals surface area contributed by atoms with Crippen LogP contribution in [0.5, 0.6) is 0 Å². The molecule has 2 aromatic rings. The SMILES string of the molecule is CC[C@H](C(=O)Nc1cccc(C(F)(F)F)c1)N(c1ccc(C)c(C)c1)S(C)(=O)=O. The van der Waals surface area contributed by atoms with Crippen LogP contribution < -0.4 is 9.62 Å². The molecule has 0 aromatic heterocycles. The number of alkyl halides is 3. The maximum absolute atomic E-state index is 12.9. The molecule has 0 aliphatic heterocycles. The Morgan fingerprint density at radius 1 is 1.10 bits per heavy atom. The largest absolute Gasteiger partial charge is 0.416 e. The standard InChI is InChI=1S/C20H23F3N2O3S/c1-5-18(19(26)24-16-8-6-7-15(12-16)20(21,22)23)25(29(4,27)28)17-10-9-13(2)14(3)11-17/h6-12,18H,5H2,1-4H3,(H,24,26)/t18-/m1/s1. The third-order valence-corrected chi connectivity index (χ3v) is 5.71. The highest BCUT2D eigenvalue weighted by atomic mass is 32.2. The van der Waals surface area contributed by atoms with Gasteiger partial charge in [0.1, 0.15) is 6.04 Å². The van der Waals surface area contributed by atoms with E-state index in [9.17, 15) is 26.4 Å². The number of carbonyl (C=O) groups excluding carboxylic acids is 1. The zero-order chi connectivity index (χ0) is 22.0. The number of aryl methyl sites for hydroxylation is 2. The Labute approximate surface area is 168 Å². The Morgan fingerprint density at radius 2 is 1.76 bits per heavy atom. The van der Waals surface area contributed by atoms with Crippen LogP contribution in [0.4, 0.5) is 24.5 Å². The molecule has 0 aliphatic rings. The molecule has 1 amide bonds. The molecule has 0 aliphatic carbocycles. The number of nitrogens with zero attached hydrogens (tertiary/aromatic N) is 1. The van der Waals surface area contributed by atoms with Gasteiger partial charge in [-0.1, -0.05) is 19.1 Å². The quantitative estimate of drug-likeness (QED) is 0.737. The molecule has 2 aromatic carbocycles. The van der Waals surface area contributed by atoms with E-state index in [0.29, 0.717) is 5.69 Å². The molecule has 5 nitrogen and oxygen atoms in total. The maximum Gasteiger partial charge on any atom is 0.416 e. The van der Waals surface area contributed by atoms with Crippen molar-refractivity contribution >= 4 is 27.3 Å². The Hall–Kier alpha value is -2.55. The molecular formula is C20H23F3N2O3S. The highest BCUT2D eigenvalue weighted by Gasteiger charge is 2.33. The minimum Gasteiger partial charge on any atom is -0.324 e. The highest BCUT2D eigenvalue weighted by molar-refractivity contribution is 7.92. The summed E-state index contributed by atoms with van der Waals surface area (Å²) in [7, 11) is -3.84. The van der Waals surface area contributed by atoms with Gasteiger partial charge in [-0.25, -0.2) is 8.42 Å². The van der Waals surface area contributed by atoms with Gasteiger partial charge < -0.3 is 5.32 Å². The molecule has 1 N–H and O–H groups in total. The van der Waals surface area contributed by atoms with Crippen molar-refractivity contribution in [1.82, 2.24) is 0 Å². The van der Waals surface area contributed by atoms with Crippen molar-refractivity contribution in [3.63, 3.8) is 0 Å². The number of nitrogens with one attached hydrogen (secondary N) is 1. The van der Waals surface area contributed by atoms with Crippen LogP contribution in [0.25, 0.3) is 0 Å². The molecule has 0 fully saturated rings. The van der Waals surface area contributed by atoms with Crippen LogP contribution in [0.3, 0.4) is 0 Å². The second kappa shape index (κ2) is 8.44. The Kier molecular flexibility index (Phi) is 6.62. The summed E-state index contributed by atoms with van der Waals surface area (Å²) in [5.41, 5.74) is 1.17. The lowest BCUT2D eigenvalue weighted by atomic mass is 10.1. The average Bonchev–Trinajstić information content (AvgIpc) is 2.60. The van der Waals surface area contributed by atoms with Crippen molar-refractivity contribution in [2.24, 2.45) is 0 Å². The average molecular weight is 428 g/mol. The van der Waals surface area contributed by atoms with E-state index in [1.807, 2.05) is 13.8 Å². The summed E-state index contributed by atoms with van der Waals surface area (Å²) < 4.78 is 64.7. The van der Waals surface area contributed by atoms with E-state index in [-0.39, 0.29) is 12.1 Å². The molecular weight excluding hydrogens is 405 g/mol. The van der Waals surface area contributed by atoms with Crippen LogP contribution in [-0.4, -0.2) is 26.6 Å². The zero-order valence-corrected chi connectivity index (χ0v) is 17.4. The predicted molar refractivity (Wildman–Crippen MR) is 107 cm³/mol. The van der Waals surface area contributed by atoms with E-state index in [1.165, 1.54) is 12.1 Å². The molecule has 29 heavy (non-hydrogen) atoms. The Bertz CT molecular complexity index is 1000. The molecule has 0 unspecified atom stereocenters. The van der Waals surface area contributed by atoms with Gasteiger partial charge in [0.2, 0.25) is 15.9 Å². The van der Waals surface area contributed by atoms with Gasteiger partial charge in [0.05, 0.1) is 17.5 Å². The van der Waals surface area contributed by atoms with Crippen molar-refractivity contribution in [3.8, 4) is 0 Å². The lowest BCUT2D eigenvalue weighted by Crippen LogP contribution is -2.47. The Balaban J connectivity index is 2.40. The smallest absolute Gasteiger partial charge is 0.324 e. The minimum atomic E-state index is -4.55. The first kappa shape index (κ1) is 22.7. The first-order valence-electron chi connectivity index (χ1n) is 8.89. The van der Waals surface area contributed by atoms with E-state index < -0.39 is 33.7 Å². The van der Waals surface area contributed by atoms with Crippen molar-refractivity contribution in [1.29, 1.82) is 0 Å². The van der Waals surface area contributed by atoms with Crippen molar-refractivity contribution in [2.75, 3.05) is 15.9 Å².